The van der Waals surface area contributed by atoms with Crippen molar-refractivity contribution in [2.45, 2.75) is 83.1 Å². The molecular weight excluding hydrogens is 306 g/mol. The van der Waals surface area contributed by atoms with Crippen molar-refractivity contribution in [3.05, 3.63) is 29.8 Å². The molecule has 1 heterocycles. The first-order valence-electron chi connectivity index (χ1n) is 10.7. The van der Waals surface area contributed by atoms with Gasteiger partial charge in [0.1, 0.15) is 5.75 Å². The topological polar surface area (TPSA) is 12.5 Å². The molecule has 2 heteroatoms. The molecule has 1 aliphatic heterocycles. The normalized spacial score (nSPS) is 25.8. The lowest BCUT2D eigenvalue weighted by Crippen LogP contribution is -2.43. The molecule has 0 spiro atoms. The second-order valence-corrected chi connectivity index (χ2v) is 8.25. The molecule has 25 heavy (non-hydrogen) atoms. The number of rotatable bonds is 7. The van der Waals surface area contributed by atoms with Gasteiger partial charge in [-0.3, -0.25) is 0 Å². The van der Waals surface area contributed by atoms with Crippen molar-refractivity contribution in [3.8, 4) is 5.75 Å². The molecular formula is C23H37NO. The predicted octanol–water partition coefficient (Wildman–Crippen LogP) is 6.01. The highest BCUT2D eigenvalue weighted by Crippen LogP contribution is 2.36. The Morgan fingerprint density at radius 2 is 1.60 bits per heavy atom. The number of unbranched alkanes of at least 4 members (excludes halogenated alkanes) is 2. The van der Waals surface area contributed by atoms with Crippen molar-refractivity contribution >= 4 is 0 Å². The van der Waals surface area contributed by atoms with Crippen molar-refractivity contribution < 1.29 is 4.74 Å². The smallest absolute Gasteiger partial charge is 0.118 e. The third kappa shape index (κ3) is 5.23. The van der Waals surface area contributed by atoms with Gasteiger partial charge < -0.3 is 9.64 Å². The molecule has 1 saturated carbocycles. The van der Waals surface area contributed by atoms with E-state index in [0.29, 0.717) is 0 Å². The van der Waals surface area contributed by atoms with Crippen LogP contribution in [-0.2, 0) is 0 Å². The van der Waals surface area contributed by atoms with Crippen LogP contribution < -0.4 is 4.74 Å². The van der Waals surface area contributed by atoms with Crippen molar-refractivity contribution in [2.24, 2.45) is 5.92 Å². The lowest BCUT2D eigenvalue weighted by molar-refractivity contribution is 0.0994. The molecule has 2 nitrogen and oxygen atoms in total. The highest BCUT2D eigenvalue weighted by Gasteiger charge is 2.29. The molecule has 1 aliphatic carbocycles. The molecule has 0 radical (unpaired) electrons. The summed E-state index contributed by atoms with van der Waals surface area (Å²) in [4.78, 5) is 2.82. The fraction of sp³-hybridized carbons (Fsp3) is 0.739. The van der Waals surface area contributed by atoms with E-state index in [4.69, 9.17) is 4.74 Å². The maximum Gasteiger partial charge on any atom is 0.118 e. The van der Waals surface area contributed by atoms with E-state index >= 15 is 0 Å². The Morgan fingerprint density at radius 3 is 2.20 bits per heavy atom. The van der Waals surface area contributed by atoms with E-state index in [9.17, 15) is 0 Å². The van der Waals surface area contributed by atoms with E-state index in [1.807, 2.05) is 0 Å². The van der Waals surface area contributed by atoms with Crippen LogP contribution in [0.15, 0.2) is 24.3 Å². The van der Waals surface area contributed by atoms with Gasteiger partial charge in [0.15, 0.2) is 0 Å². The first-order valence-corrected chi connectivity index (χ1v) is 10.7. The molecule has 1 saturated heterocycles. The molecule has 3 rings (SSSR count). The van der Waals surface area contributed by atoms with Crippen LogP contribution in [0, 0.1) is 5.92 Å². The number of hydrogen-bond donors (Lipinski definition) is 0. The van der Waals surface area contributed by atoms with Crippen molar-refractivity contribution in [2.75, 3.05) is 20.2 Å². The van der Waals surface area contributed by atoms with Crippen LogP contribution >= 0.6 is 0 Å². The number of hydrogen-bond acceptors (Lipinski definition) is 2. The van der Waals surface area contributed by atoms with Crippen LogP contribution in [0.5, 0.6) is 5.75 Å². The molecule has 1 aromatic rings. The van der Waals surface area contributed by atoms with Gasteiger partial charge in [0, 0.05) is 6.04 Å². The van der Waals surface area contributed by atoms with Crippen LogP contribution in [0.2, 0.25) is 0 Å². The van der Waals surface area contributed by atoms with Gasteiger partial charge in [-0.15, -0.1) is 0 Å². The summed E-state index contributed by atoms with van der Waals surface area (Å²) in [5, 5.41) is 0. The molecule has 0 aromatic heterocycles. The molecule has 2 aliphatic rings. The standard InChI is InChI=1S/C23H37NO/c1-3-4-5-6-19-15-17-24(18-16-19)22-11-7-20(8-12-22)21-9-13-23(25-2)14-10-21/h9-10,13-14,19-20,22H,3-8,11-12,15-18H2,1-2H3/t20-,22-. The quantitative estimate of drug-likeness (QED) is 0.562. The first kappa shape index (κ1) is 18.8. The third-order valence-electron chi connectivity index (χ3n) is 6.67. The van der Waals surface area contributed by atoms with Gasteiger partial charge >= 0.3 is 0 Å². The lowest BCUT2D eigenvalue weighted by Gasteiger charge is -2.41. The summed E-state index contributed by atoms with van der Waals surface area (Å²) in [6.07, 6.45) is 14.1. The van der Waals surface area contributed by atoms with Gasteiger partial charge in [-0.25, -0.2) is 0 Å². The minimum Gasteiger partial charge on any atom is -0.497 e. The molecule has 0 bridgehead atoms. The van der Waals surface area contributed by atoms with Gasteiger partial charge in [0.05, 0.1) is 7.11 Å². The van der Waals surface area contributed by atoms with Crippen LogP contribution in [-0.4, -0.2) is 31.1 Å². The summed E-state index contributed by atoms with van der Waals surface area (Å²) in [5.41, 5.74) is 1.51. The zero-order chi connectivity index (χ0) is 17.5. The third-order valence-corrected chi connectivity index (χ3v) is 6.67. The molecule has 0 N–H and O–H groups in total. The van der Waals surface area contributed by atoms with Crippen LogP contribution in [0.3, 0.4) is 0 Å². The van der Waals surface area contributed by atoms with E-state index in [2.05, 4.69) is 36.1 Å². The van der Waals surface area contributed by atoms with Gasteiger partial charge in [-0.05, 0) is 81.1 Å². The minimum absolute atomic E-state index is 0.758. The Labute approximate surface area is 154 Å². The fourth-order valence-electron chi connectivity index (χ4n) is 4.94. The maximum absolute atomic E-state index is 5.29. The Morgan fingerprint density at radius 1 is 0.920 bits per heavy atom. The van der Waals surface area contributed by atoms with Gasteiger partial charge in [0.2, 0.25) is 0 Å². The average Bonchev–Trinajstić information content (AvgIpc) is 2.69. The molecule has 0 amide bonds. The van der Waals surface area contributed by atoms with E-state index in [1.54, 1.807) is 7.11 Å². The largest absolute Gasteiger partial charge is 0.497 e. The van der Waals surface area contributed by atoms with Crippen LogP contribution in [0.4, 0.5) is 0 Å². The Bertz CT molecular complexity index is 481. The summed E-state index contributed by atoms with van der Waals surface area (Å²) >= 11 is 0. The summed E-state index contributed by atoms with van der Waals surface area (Å²) in [6.45, 7) is 5.02. The predicted molar refractivity (Wildman–Crippen MR) is 106 cm³/mol. The van der Waals surface area contributed by atoms with Crippen LogP contribution in [0.25, 0.3) is 0 Å². The highest BCUT2D eigenvalue weighted by atomic mass is 16.5. The number of nitrogens with zero attached hydrogens (tertiary/aromatic N) is 1. The van der Waals surface area contributed by atoms with E-state index in [0.717, 1.165) is 23.6 Å². The van der Waals surface area contributed by atoms with Crippen molar-refractivity contribution in [1.29, 1.82) is 0 Å². The highest BCUT2D eigenvalue weighted by molar-refractivity contribution is 5.29. The zero-order valence-electron chi connectivity index (χ0n) is 16.4. The SMILES string of the molecule is CCCCCC1CCN([C@H]2CC[C@H](c3ccc(OC)cc3)CC2)CC1. The molecule has 0 unspecified atom stereocenters. The lowest BCUT2D eigenvalue weighted by atomic mass is 9.80. The summed E-state index contributed by atoms with van der Waals surface area (Å²) in [5.74, 6) is 2.74. The van der Waals surface area contributed by atoms with Crippen molar-refractivity contribution in [3.63, 3.8) is 0 Å². The fourth-order valence-corrected chi connectivity index (χ4v) is 4.94. The van der Waals surface area contributed by atoms with E-state index in [-0.39, 0.29) is 0 Å². The minimum atomic E-state index is 0.758. The second-order valence-electron chi connectivity index (χ2n) is 8.25. The van der Waals surface area contributed by atoms with E-state index < -0.39 is 0 Å². The summed E-state index contributed by atoms with van der Waals surface area (Å²) in [6, 6.07) is 9.62. The van der Waals surface area contributed by atoms with E-state index in [1.165, 1.54) is 82.9 Å². The Balaban J connectivity index is 1.40. The number of piperidine rings is 1. The number of ether oxygens (including phenoxy) is 1. The maximum atomic E-state index is 5.29. The van der Waals surface area contributed by atoms with Gasteiger partial charge in [0.25, 0.3) is 0 Å². The van der Waals surface area contributed by atoms with Crippen LogP contribution in [0.1, 0.15) is 82.6 Å². The molecule has 1 aromatic carbocycles. The van der Waals surface area contributed by atoms with Crippen molar-refractivity contribution in [1.82, 2.24) is 4.90 Å². The van der Waals surface area contributed by atoms with Gasteiger partial charge in [-0.2, -0.15) is 0 Å². The molecule has 0 atom stereocenters. The zero-order valence-corrected chi connectivity index (χ0v) is 16.4. The second kappa shape index (κ2) is 9.62. The summed E-state index contributed by atoms with van der Waals surface area (Å²) in [7, 11) is 1.74. The monoisotopic (exact) mass is 343 g/mol. The average molecular weight is 344 g/mol. The van der Waals surface area contributed by atoms with Gasteiger partial charge in [-0.1, -0.05) is 44.7 Å². The number of benzene rings is 1. The number of likely N-dealkylation sites (tertiary alicyclic amines) is 1. The first-order chi connectivity index (χ1) is 12.3. The Kier molecular flexibility index (Phi) is 7.22. The summed E-state index contributed by atoms with van der Waals surface area (Å²) < 4.78 is 5.29. The molecule has 140 valence electrons. The number of methoxy groups -OCH3 is 1. The Hall–Kier alpha value is -1.02. The molecule has 2 fully saturated rings.